The molecule has 0 radical (unpaired) electrons. The second kappa shape index (κ2) is 5.87. The molecule has 0 saturated carbocycles. The van der Waals surface area contributed by atoms with Crippen molar-refractivity contribution in [3.05, 3.63) is 52.3 Å². The topological polar surface area (TPSA) is 43.3 Å². The van der Waals surface area contributed by atoms with E-state index < -0.39 is 0 Å². The zero-order valence-electron chi connectivity index (χ0n) is 13.4. The summed E-state index contributed by atoms with van der Waals surface area (Å²) in [7, 11) is 1.58. The van der Waals surface area contributed by atoms with Crippen molar-refractivity contribution >= 4 is 6.09 Å². The number of carbonyl (C=O) groups excluding carboxylic acids is 1. The van der Waals surface area contributed by atoms with E-state index in [0.29, 0.717) is 6.61 Å². The highest BCUT2D eigenvalue weighted by atomic mass is 16.5. The summed E-state index contributed by atoms with van der Waals surface area (Å²) in [5.41, 5.74) is 7.68. The molecule has 1 N–H and O–H groups in total. The molecular weight excluding hydrogens is 276 g/mol. The third-order valence-electron chi connectivity index (χ3n) is 4.40. The summed E-state index contributed by atoms with van der Waals surface area (Å²) in [6.45, 7) is 4.65. The van der Waals surface area contributed by atoms with Crippen LogP contribution in [0.4, 0.5) is 4.79 Å². The standard InChI is InChI=1S/C18H22N2O2/c1-4-7-16-14(11-22-18(21)19-3)12(2)17-10-13-8-5-6-9-15(13)20(16)17/h5-6,8-9H,4,7,10-11H2,1-3H3,(H,19,21). The van der Waals surface area contributed by atoms with Crippen molar-refractivity contribution in [1.82, 2.24) is 9.88 Å². The van der Waals surface area contributed by atoms with E-state index in [4.69, 9.17) is 4.74 Å². The average molecular weight is 298 g/mol. The van der Waals surface area contributed by atoms with Crippen LogP contribution in [0, 0.1) is 6.92 Å². The molecule has 1 amide bonds. The van der Waals surface area contributed by atoms with Crippen LogP contribution in [0.2, 0.25) is 0 Å². The first kappa shape index (κ1) is 14.7. The van der Waals surface area contributed by atoms with Crippen LogP contribution in [-0.2, 0) is 24.2 Å². The van der Waals surface area contributed by atoms with Crippen molar-refractivity contribution in [3.63, 3.8) is 0 Å². The fourth-order valence-electron chi connectivity index (χ4n) is 3.32. The first-order chi connectivity index (χ1) is 10.7. The van der Waals surface area contributed by atoms with Crippen LogP contribution < -0.4 is 5.32 Å². The van der Waals surface area contributed by atoms with Gasteiger partial charge in [-0.05, 0) is 30.5 Å². The third-order valence-corrected chi connectivity index (χ3v) is 4.40. The Balaban J connectivity index is 2.05. The van der Waals surface area contributed by atoms with Crippen LogP contribution in [0.5, 0.6) is 0 Å². The number of hydrogen-bond donors (Lipinski definition) is 1. The fraction of sp³-hybridized carbons (Fsp3) is 0.389. The number of nitrogens with one attached hydrogen (secondary N) is 1. The summed E-state index contributed by atoms with van der Waals surface area (Å²) in [5, 5.41) is 2.50. The van der Waals surface area contributed by atoms with Crippen molar-refractivity contribution in [2.24, 2.45) is 0 Å². The largest absolute Gasteiger partial charge is 0.445 e. The lowest BCUT2D eigenvalue weighted by molar-refractivity contribution is 0.141. The van der Waals surface area contributed by atoms with Gasteiger partial charge in [-0.3, -0.25) is 0 Å². The Labute approximate surface area is 131 Å². The van der Waals surface area contributed by atoms with Crippen LogP contribution in [0.25, 0.3) is 5.69 Å². The Hall–Kier alpha value is -2.23. The van der Waals surface area contributed by atoms with Gasteiger partial charge in [0.2, 0.25) is 0 Å². The smallest absolute Gasteiger partial charge is 0.407 e. The summed E-state index contributed by atoms with van der Waals surface area (Å²) in [6.07, 6.45) is 2.63. The normalized spacial score (nSPS) is 12.0. The van der Waals surface area contributed by atoms with Crippen LogP contribution in [0.3, 0.4) is 0 Å². The quantitative estimate of drug-likeness (QED) is 0.801. The first-order valence-electron chi connectivity index (χ1n) is 7.82. The maximum atomic E-state index is 11.4. The lowest BCUT2D eigenvalue weighted by atomic mass is 10.0. The molecule has 0 spiro atoms. The SMILES string of the molecule is CCCc1c(COC(=O)NC)c(C)c2n1-c1ccccc1C2. The summed E-state index contributed by atoms with van der Waals surface area (Å²) in [6, 6.07) is 8.54. The lowest BCUT2D eigenvalue weighted by Gasteiger charge is -2.11. The zero-order valence-corrected chi connectivity index (χ0v) is 13.4. The minimum atomic E-state index is -0.381. The van der Waals surface area contributed by atoms with Gasteiger partial charge in [-0.15, -0.1) is 0 Å². The molecule has 1 aromatic heterocycles. The number of hydrogen-bond acceptors (Lipinski definition) is 2. The molecule has 0 aliphatic carbocycles. The number of para-hydroxylation sites is 1. The summed E-state index contributed by atoms with van der Waals surface area (Å²) in [4.78, 5) is 11.4. The Morgan fingerprint density at radius 2 is 2.14 bits per heavy atom. The van der Waals surface area contributed by atoms with Gasteiger partial charge in [-0.2, -0.15) is 0 Å². The van der Waals surface area contributed by atoms with E-state index in [-0.39, 0.29) is 6.09 Å². The molecule has 4 nitrogen and oxygen atoms in total. The number of alkyl carbamates (subject to hydrolysis) is 1. The molecule has 22 heavy (non-hydrogen) atoms. The summed E-state index contributed by atoms with van der Waals surface area (Å²) < 4.78 is 7.68. The average Bonchev–Trinajstić information content (AvgIpc) is 3.03. The van der Waals surface area contributed by atoms with Crippen molar-refractivity contribution in [2.45, 2.75) is 39.7 Å². The number of benzene rings is 1. The molecular formula is C18H22N2O2. The van der Waals surface area contributed by atoms with Crippen molar-refractivity contribution < 1.29 is 9.53 Å². The number of aromatic nitrogens is 1. The Bertz CT molecular complexity index is 716. The predicted molar refractivity (Wildman–Crippen MR) is 86.6 cm³/mol. The molecule has 1 aliphatic rings. The molecule has 2 heterocycles. The van der Waals surface area contributed by atoms with Crippen LogP contribution in [0.1, 0.15) is 41.4 Å². The highest BCUT2D eigenvalue weighted by molar-refractivity contribution is 5.67. The number of rotatable bonds is 4. The number of amides is 1. The van der Waals surface area contributed by atoms with Gasteiger partial charge in [0.05, 0.1) is 0 Å². The van der Waals surface area contributed by atoms with E-state index in [1.165, 1.54) is 28.2 Å². The molecule has 0 bridgehead atoms. The predicted octanol–water partition coefficient (Wildman–Crippen LogP) is 3.50. The van der Waals surface area contributed by atoms with E-state index in [0.717, 1.165) is 24.8 Å². The van der Waals surface area contributed by atoms with E-state index in [9.17, 15) is 4.79 Å². The van der Waals surface area contributed by atoms with Crippen molar-refractivity contribution in [1.29, 1.82) is 0 Å². The van der Waals surface area contributed by atoms with Gasteiger partial charge in [0.1, 0.15) is 6.61 Å². The molecule has 116 valence electrons. The van der Waals surface area contributed by atoms with Crippen LogP contribution in [0.15, 0.2) is 24.3 Å². The van der Waals surface area contributed by atoms with Gasteiger partial charge >= 0.3 is 6.09 Å². The monoisotopic (exact) mass is 298 g/mol. The van der Waals surface area contributed by atoms with E-state index >= 15 is 0 Å². The number of ether oxygens (including phenoxy) is 1. The highest BCUT2D eigenvalue weighted by Gasteiger charge is 2.27. The van der Waals surface area contributed by atoms with Gasteiger partial charge < -0.3 is 14.6 Å². The summed E-state index contributed by atoms with van der Waals surface area (Å²) >= 11 is 0. The Kier molecular flexibility index (Phi) is 3.92. The zero-order chi connectivity index (χ0) is 15.7. The second-order valence-electron chi connectivity index (χ2n) is 5.71. The minimum absolute atomic E-state index is 0.336. The van der Waals surface area contributed by atoms with Crippen molar-refractivity contribution in [3.8, 4) is 5.69 Å². The number of carbonyl (C=O) groups is 1. The van der Waals surface area contributed by atoms with Gasteiger partial charge in [0, 0.05) is 36.1 Å². The van der Waals surface area contributed by atoms with E-state index in [1.54, 1.807) is 7.05 Å². The maximum absolute atomic E-state index is 11.4. The summed E-state index contributed by atoms with van der Waals surface area (Å²) in [5.74, 6) is 0. The van der Waals surface area contributed by atoms with Gasteiger partial charge in [-0.1, -0.05) is 31.5 Å². The molecule has 3 rings (SSSR count). The molecule has 0 saturated heterocycles. The fourth-order valence-corrected chi connectivity index (χ4v) is 3.32. The van der Waals surface area contributed by atoms with Crippen LogP contribution in [-0.4, -0.2) is 17.7 Å². The first-order valence-corrected chi connectivity index (χ1v) is 7.82. The van der Waals surface area contributed by atoms with Crippen molar-refractivity contribution in [2.75, 3.05) is 7.05 Å². The van der Waals surface area contributed by atoms with E-state index in [1.807, 2.05) is 0 Å². The molecule has 1 aliphatic heterocycles. The van der Waals surface area contributed by atoms with Gasteiger partial charge in [0.15, 0.2) is 0 Å². The van der Waals surface area contributed by atoms with Crippen LogP contribution >= 0.6 is 0 Å². The minimum Gasteiger partial charge on any atom is -0.445 e. The third kappa shape index (κ3) is 2.28. The van der Waals surface area contributed by atoms with E-state index in [2.05, 4.69) is 48.0 Å². The Morgan fingerprint density at radius 1 is 1.36 bits per heavy atom. The molecule has 1 aromatic carbocycles. The maximum Gasteiger partial charge on any atom is 0.407 e. The number of nitrogens with zero attached hydrogens (tertiary/aromatic N) is 1. The second-order valence-corrected chi connectivity index (χ2v) is 5.71. The number of fused-ring (bicyclic) bond motifs is 3. The molecule has 0 fully saturated rings. The van der Waals surface area contributed by atoms with Gasteiger partial charge in [-0.25, -0.2) is 4.79 Å². The molecule has 4 heteroatoms. The van der Waals surface area contributed by atoms with Gasteiger partial charge in [0.25, 0.3) is 0 Å². The molecule has 2 aromatic rings. The highest BCUT2D eigenvalue weighted by Crippen LogP contribution is 2.36. The Morgan fingerprint density at radius 3 is 2.86 bits per heavy atom. The molecule has 0 unspecified atom stereocenters. The lowest BCUT2D eigenvalue weighted by Crippen LogP contribution is -2.19. The molecule has 0 atom stereocenters.